The van der Waals surface area contributed by atoms with E-state index in [0.29, 0.717) is 17.0 Å². The Morgan fingerprint density at radius 3 is 2.61 bits per heavy atom. The van der Waals surface area contributed by atoms with Crippen LogP contribution in [0.5, 0.6) is 0 Å². The summed E-state index contributed by atoms with van der Waals surface area (Å²) in [6, 6.07) is 17.2. The number of hydrogen-bond acceptors (Lipinski definition) is 4. The first-order chi connectivity index (χ1) is 15.2. The molecule has 1 atom stereocenters. The molecule has 1 saturated heterocycles. The summed E-state index contributed by atoms with van der Waals surface area (Å²) in [5, 5.41) is 3.79. The van der Waals surface area contributed by atoms with E-state index in [1.54, 1.807) is 24.3 Å². The zero-order valence-corrected chi connectivity index (χ0v) is 17.0. The molecule has 4 aromatic rings. The van der Waals surface area contributed by atoms with E-state index in [1.165, 1.54) is 18.8 Å². The van der Waals surface area contributed by atoms with Crippen molar-refractivity contribution in [3.05, 3.63) is 89.8 Å². The standard InChI is InChI=1S/C25H23FN2O3/c26-18-9-6-8-17(16-18)23(28-13-4-1-5-14-28)24-22(19-10-2-3-11-20(19)31-24)27-25(29)21-12-7-15-30-21/h2-3,6-12,15-16,23H,1,4-5,13-14H2,(H,27,29). The number of para-hydroxylation sites is 1. The lowest BCUT2D eigenvalue weighted by atomic mass is 9.98. The van der Waals surface area contributed by atoms with Gasteiger partial charge in [-0.15, -0.1) is 0 Å². The van der Waals surface area contributed by atoms with Gasteiger partial charge in [0, 0.05) is 5.39 Å². The van der Waals surface area contributed by atoms with Gasteiger partial charge in [-0.1, -0.05) is 30.7 Å². The van der Waals surface area contributed by atoms with E-state index in [-0.39, 0.29) is 23.5 Å². The largest absolute Gasteiger partial charge is 0.459 e. The number of rotatable bonds is 5. The van der Waals surface area contributed by atoms with Gasteiger partial charge in [0.05, 0.1) is 18.0 Å². The van der Waals surface area contributed by atoms with Crippen LogP contribution in [-0.4, -0.2) is 23.9 Å². The molecule has 2 aromatic heterocycles. The van der Waals surface area contributed by atoms with Gasteiger partial charge in [0.15, 0.2) is 5.76 Å². The Labute approximate surface area is 179 Å². The van der Waals surface area contributed by atoms with Crippen molar-refractivity contribution < 1.29 is 18.0 Å². The zero-order valence-electron chi connectivity index (χ0n) is 17.0. The molecule has 1 amide bonds. The smallest absolute Gasteiger partial charge is 0.291 e. The molecule has 158 valence electrons. The Bertz CT molecular complexity index is 1190. The van der Waals surface area contributed by atoms with Crippen molar-refractivity contribution in [3.63, 3.8) is 0 Å². The Morgan fingerprint density at radius 2 is 1.84 bits per heavy atom. The lowest BCUT2D eigenvalue weighted by Gasteiger charge is -2.34. The molecule has 1 aliphatic rings. The lowest BCUT2D eigenvalue weighted by Crippen LogP contribution is -2.34. The van der Waals surface area contributed by atoms with Crippen molar-refractivity contribution in [3.8, 4) is 0 Å². The van der Waals surface area contributed by atoms with Gasteiger partial charge in [-0.05, 0) is 67.9 Å². The number of nitrogens with one attached hydrogen (secondary N) is 1. The number of benzene rings is 2. The normalized spacial score (nSPS) is 15.8. The summed E-state index contributed by atoms with van der Waals surface area (Å²) >= 11 is 0. The van der Waals surface area contributed by atoms with Crippen molar-refractivity contribution in [1.29, 1.82) is 0 Å². The summed E-state index contributed by atoms with van der Waals surface area (Å²) in [5.74, 6) is 0.177. The molecule has 3 heterocycles. The van der Waals surface area contributed by atoms with E-state index < -0.39 is 0 Å². The molecule has 2 aromatic carbocycles. The fourth-order valence-electron chi connectivity index (χ4n) is 4.35. The van der Waals surface area contributed by atoms with Crippen molar-refractivity contribution in [1.82, 2.24) is 4.90 Å². The fraction of sp³-hybridized carbons (Fsp3) is 0.240. The van der Waals surface area contributed by atoms with E-state index in [2.05, 4.69) is 10.2 Å². The van der Waals surface area contributed by atoms with Crippen LogP contribution in [0.4, 0.5) is 10.1 Å². The number of halogens is 1. The van der Waals surface area contributed by atoms with E-state index >= 15 is 0 Å². The number of carbonyl (C=O) groups excluding carboxylic acids is 1. The molecule has 31 heavy (non-hydrogen) atoms. The van der Waals surface area contributed by atoms with E-state index in [4.69, 9.17) is 8.83 Å². The SMILES string of the molecule is O=C(Nc1c(C(c2cccc(F)c2)N2CCCCC2)oc2ccccc12)c1ccco1. The molecule has 1 unspecified atom stereocenters. The van der Waals surface area contributed by atoms with Crippen molar-refractivity contribution >= 4 is 22.6 Å². The van der Waals surface area contributed by atoms with Crippen LogP contribution in [0.3, 0.4) is 0 Å². The number of hydrogen-bond donors (Lipinski definition) is 1. The Kier molecular flexibility index (Phi) is 5.30. The van der Waals surface area contributed by atoms with Gasteiger partial charge in [-0.25, -0.2) is 4.39 Å². The maximum Gasteiger partial charge on any atom is 0.291 e. The van der Waals surface area contributed by atoms with Crippen LogP contribution < -0.4 is 5.32 Å². The predicted molar refractivity (Wildman–Crippen MR) is 117 cm³/mol. The minimum Gasteiger partial charge on any atom is -0.459 e. The first kappa shape index (κ1) is 19.6. The second-order valence-corrected chi connectivity index (χ2v) is 7.82. The van der Waals surface area contributed by atoms with Crippen LogP contribution in [-0.2, 0) is 0 Å². The van der Waals surface area contributed by atoms with E-state index in [1.807, 2.05) is 30.3 Å². The van der Waals surface area contributed by atoms with E-state index in [9.17, 15) is 9.18 Å². The number of fused-ring (bicyclic) bond motifs is 1. The molecule has 0 spiro atoms. The summed E-state index contributed by atoms with van der Waals surface area (Å²) < 4.78 is 25.8. The van der Waals surface area contributed by atoms with E-state index in [0.717, 1.165) is 36.9 Å². The Morgan fingerprint density at radius 1 is 1.00 bits per heavy atom. The summed E-state index contributed by atoms with van der Waals surface area (Å²) in [6.07, 6.45) is 4.78. The summed E-state index contributed by atoms with van der Waals surface area (Å²) in [6.45, 7) is 1.76. The molecule has 5 rings (SSSR count). The van der Waals surface area contributed by atoms with Gasteiger partial charge in [0.2, 0.25) is 0 Å². The minimum atomic E-state index is -0.352. The molecule has 6 heteroatoms. The Hall–Kier alpha value is -3.38. The third-order valence-electron chi connectivity index (χ3n) is 5.77. The van der Waals surface area contributed by atoms with Gasteiger partial charge >= 0.3 is 0 Å². The first-order valence-corrected chi connectivity index (χ1v) is 10.6. The molecule has 0 saturated carbocycles. The topological polar surface area (TPSA) is 58.6 Å². The zero-order chi connectivity index (χ0) is 21.2. The van der Waals surface area contributed by atoms with Gasteiger partial charge < -0.3 is 14.2 Å². The molecule has 0 bridgehead atoms. The maximum absolute atomic E-state index is 14.2. The predicted octanol–water partition coefficient (Wildman–Crippen LogP) is 5.99. The minimum absolute atomic E-state index is 0.219. The van der Waals surface area contributed by atoms with Gasteiger partial charge in [0.1, 0.15) is 17.2 Å². The second-order valence-electron chi connectivity index (χ2n) is 7.82. The molecule has 1 aliphatic heterocycles. The van der Waals surface area contributed by atoms with Crippen LogP contribution in [0.25, 0.3) is 11.0 Å². The number of amides is 1. The van der Waals surface area contributed by atoms with Crippen LogP contribution >= 0.6 is 0 Å². The van der Waals surface area contributed by atoms with Crippen molar-refractivity contribution in [2.45, 2.75) is 25.3 Å². The lowest BCUT2D eigenvalue weighted by molar-refractivity contribution is 0.0996. The highest BCUT2D eigenvalue weighted by Gasteiger charge is 2.31. The van der Waals surface area contributed by atoms with Crippen LogP contribution in [0.2, 0.25) is 0 Å². The average Bonchev–Trinajstić information content (AvgIpc) is 3.44. The monoisotopic (exact) mass is 418 g/mol. The third kappa shape index (κ3) is 3.86. The summed E-state index contributed by atoms with van der Waals surface area (Å²) in [5.41, 5.74) is 2.07. The summed E-state index contributed by atoms with van der Waals surface area (Å²) in [4.78, 5) is 15.1. The number of nitrogens with zero attached hydrogens (tertiary/aromatic N) is 1. The van der Waals surface area contributed by atoms with Gasteiger partial charge in [-0.2, -0.15) is 0 Å². The number of furan rings is 2. The number of piperidine rings is 1. The molecule has 5 nitrogen and oxygen atoms in total. The fourth-order valence-corrected chi connectivity index (χ4v) is 4.35. The first-order valence-electron chi connectivity index (χ1n) is 10.6. The average molecular weight is 418 g/mol. The summed E-state index contributed by atoms with van der Waals surface area (Å²) in [7, 11) is 0. The third-order valence-corrected chi connectivity index (χ3v) is 5.77. The highest BCUT2D eigenvalue weighted by molar-refractivity contribution is 6.08. The quantitative estimate of drug-likeness (QED) is 0.432. The highest BCUT2D eigenvalue weighted by atomic mass is 19.1. The van der Waals surface area contributed by atoms with Gasteiger partial charge in [0.25, 0.3) is 5.91 Å². The second kappa shape index (κ2) is 8.40. The molecule has 1 fully saturated rings. The number of likely N-dealkylation sites (tertiary alicyclic amines) is 1. The number of anilines is 1. The van der Waals surface area contributed by atoms with Crippen molar-refractivity contribution in [2.75, 3.05) is 18.4 Å². The van der Waals surface area contributed by atoms with Crippen LogP contribution in [0.15, 0.2) is 75.8 Å². The van der Waals surface area contributed by atoms with Gasteiger partial charge in [-0.3, -0.25) is 9.69 Å². The van der Waals surface area contributed by atoms with Crippen LogP contribution in [0.1, 0.15) is 47.2 Å². The highest BCUT2D eigenvalue weighted by Crippen LogP contribution is 2.41. The molecule has 0 aliphatic carbocycles. The molecular weight excluding hydrogens is 395 g/mol. The number of carbonyl (C=O) groups is 1. The molecule has 1 N–H and O–H groups in total. The molecular formula is C25H23FN2O3. The molecule has 0 radical (unpaired) electrons. The maximum atomic E-state index is 14.2. The Balaban J connectivity index is 1.65. The van der Waals surface area contributed by atoms with Crippen molar-refractivity contribution in [2.24, 2.45) is 0 Å². The van der Waals surface area contributed by atoms with Crippen LogP contribution in [0, 0.1) is 5.82 Å².